The van der Waals surface area contributed by atoms with Gasteiger partial charge >= 0.3 is 6.03 Å². The summed E-state index contributed by atoms with van der Waals surface area (Å²) in [6, 6.07) is 7.17. The molecule has 0 bridgehead atoms. The Labute approximate surface area is 135 Å². The molecule has 1 saturated heterocycles. The van der Waals surface area contributed by atoms with E-state index >= 15 is 0 Å². The van der Waals surface area contributed by atoms with Gasteiger partial charge in [0.15, 0.2) is 0 Å². The third-order valence-corrected chi connectivity index (χ3v) is 3.69. The van der Waals surface area contributed by atoms with E-state index in [2.05, 4.69) is 5.32 Å². The van der Waals surface area contributed by atoms with Crippen LogP contribution in [0, 0.1) is 0 Å². The molecule has 0 radical (unpaired) electrons. The van der Waals surface area contributed by atoms with E-state index in [9.17, 15) is 14.4 Å². The minimum absolute atomic E-state index is 0.110. The van der Waals surface area contributed by atoms with E-state index in [4.69, 9.17) is 4.74 Å². The van der Waals surface area contributed by atoms with Gasteiger partial charge in [-0.3, -0.25) is 14.5 Å². The molecule has 1 aromatic carbocycles. The molecule has 1 aliphatic heterocycles. The first-order valence-corrected chi connectivity index (χ1v) is 7.47. The highest BCUT2D eigenvalue weighted by molar-refractivity contribution is 6.01. The molecular weight excluding hydrogens is 298 g/mol. The molecule has 1 heterocycles. The molecule has 0 saturated carbocycles. The number of imide groups is 1. The Balaban J connectivity index is 1.73. The van der Waals surface area contributed by atoms with Crippen LogP contribution in [-0.2, 0) is 16.1 Å². The van der Waals surface area contributed by atoms with E-state index in [1.54, 1.807) is 14.2 Å². The van der Waals surface area contributed by atoms with Crippen molar-refractivity contribution in [3.8, 4) is 5.75 Å². The van der Waals surface area contributed by atoms with Crippen molar-refractivity contribution in [2.24, 2.45) is 0 Å². The van der Waals surface area contributed by atoms with E-state index in [-0.39, 0.29) is 37.4 Å². The maximum absolute atomic E-state index is 11.9. The molecule has 1 aromatic rings. The number of carbonyl (C=O) groups excluding carboxylic acids is 3. The maximum Gasteiger partial charge on any atom is 0.326 e. The number of nitrogens with one attached hydrogen (secondary N) is 1. The predicted octanol–water partition coefficient (Wildman–Crippen LogP) is 0.986. The standard InChI is InChI=1S/C16H21N3O4/c1-18-11-15(21)19(16(18)22)9-5-8-14(20)17-10-12-6-3-4-7-13(12)23-2/h3-4,6-7H,5,8-11H2,1-2H3,(H,17,20). The quantitative estimate of drug-likeness (QED) is 0.760. The van der Waals surface area contributed by atoms with Crippen LogP contribution < -0.4 is 10.1 Å². The Bertz CT molecular complexity index is 603. The van der Waals surface area contributed by atoms with Crippen molar-refractivity contribution < 1.29 is 19.1 Å². The summed E-state index contributed by atoms with van der Waals surface area (Å²) in [5.41, 5.74) is 0.898. The number of methoxy groups -OCH3 is 1. The summed E-state index contributed by atoms with van der Waals surface area (Å²) in [4.78, 5) is 37.7. The SMILES string of the molecule is COc1ccccc1CNC(=O)CCCN1C(=O)CN(C)C1=O. The van der Waals surface area contributed by atoms with Crippen LogP contribution in [0.3, 0.4) is 0 Å². The second kappa shape index (κ2) is 7.62. The van der Waals surface area contributed by atoms with Gasteiger partial charge in [-0.1, -0.05) is 18.2 Å². The molecule has 0 atom stereocenters. The third-order valence-electron chi connectivity index (χ3n) is 3.69. The Kier molecular flexibility index (Phi) is 5.56. The smallest absolute Gasteiger partial charge is 0.326 e. The lowest BCUT2D eigenvalue weighted by Gasteiger charge is -2.14. The number of amides is 4. The van der Waals surface area contributed by atoms with E-state index in [0.29, 0.717) is 13.0 Å². The number of hydrogen-bond donors (Lipinski definition) is 1. The van der Waals surface area contributed by atoms with E-state index in [1.807, 2.05) is 24.3 Å². The number of para-hydroxylation sites is 1. The average Bonchev–Trinajstić information content (AvgIpc) is 2.79. The summed E-state index contributed by atoms with van der Waals surface area (Å²) in [6.07, 6.45) is 0.707. The van der Waals surface area contributed by atoms with E-state index < -0.39 is 0 Å². The van der Waals surface area contributed by atoms with Crippen LogP contribution in [0.4, 0.5) is 4.79 Å². The minimum Gasteiger partial charge on any atom is -0.496 e. The third kappa shape index (κ3) is 4.21. The summed E-state index contributed by atoms with van der Waals surface area (Å²) in [5.74, 6) is 0.388. The molecule has 4 amide bonds. The van der Waals surface area contributed by atoms with Crippen molar-refractivity contribution in [1.82, 2.24) is 15.1 Å². The normalized spacial score (nSPS) is 14.3. The maximum atomic E-state index is 11.9. The number of hydrogen-bond acceptors (Lipinski definition) is 4. The topological polar surface area (TPSA) is 79.0 Å². The highest BCUT2D eigenvalue weighted by Gasteiger charge is 2.32. The van der Waals surface area contributed by atoms with Gasteiger partial charge in [0.2, 0.25) is 11.8 Å². The number of nitrogens with zero attached hydrogens (tertiary/aromatic N) is 2. The molecule has 23 heavy (non-hydrogen) atoms. The average molecular weight is 319 g/mol. The van der Waals surface area contributed by atoms with Gasteiger partial charge in [0.1, 0.15) is 12.3 Å². The fourth-order valence-electron chi connectivity index (χ4n) is 2.42. The zero-order valence-electron chi connectivity index (χ0n) is 13.4. The summed E-state index contributed by atoms with van der Waals surface area (Å²) >= 11 is 0. The zero-order valence-corrected chi connectivity index (χ0v) is 13.4. The van der Waals surface area contributed by atoms with Gasteiger partial charge in [0.05, 0.1) is 7.11 Å². The fraction of sp³-hybridized carbons (Fsp3) is 0.438. The van der Waals surface area contributed by atoms with Crippen molar-refractivity contribution in [2.45, 2.75) is 19.4 Å². The van der Waals surface area contributed by atoms with Gasteiger partial charge < -0.3 is 15.0 Å². The van der Waals surface area contributed by atoms with Crippen LogP contribution in [0.1, 0.15) is 18.4 Å². The second-order valence-electron chi connectivity index (χ2n) is 5.38. The predicted molar refractivity (Wildman–Crippen MR) is 83.8 cm³/mol. The monoisotopic (exact) mass is 319 g/mol. The molecule has 7 nitrogen and oxygen atoms in total. The summed E-state index contributed by atoms with van der Waals surface area (Å²) < 4.78 is 5.22. The largest absolute Gasteiger partial charge is 0.496 e. The van der Waals surface area contributed by atoms with Gasteiger partial charge in [0.25, 0.3) is 0 Å². The zero-order chi connectivity index (χ0) is 16.8. The molecule has 1 fully saturated rings. The van der Waals surface area contributed by atoms with E-state index in [0.717, 1.165) is 11.3 Å². The molecule has 2 rings (SSSR count). The van der Waals surface area contributed by atoms with Gasteiger partial charge in [-0.25, -0.2) is 4.79 Å². The van der Waals surface area contributed by atoms with Crippen LogP contribution in [0.5, 0.6) is 5.75 Å². The number of likely N-dealkylation sites (N-methyl/N-ethyl adjacent to an activating group) is 1. The second-order valence-corrected chi connectivity index (χ2v) is 5.38. The number of rotatable bonds is 7. The Hall–Kier alpha value is -2.57. The molecule has 7 heteroatoms. The van der Waals surface area contributed by atoms with E-state index in [1.165, 1.54) is 9.80 Å². The fourth-order valence-corrected chi connectivity index (χ4v) is 2.42. The number of carbonyl (C=O) groups is 3. The Morgan fingerprint density at radius 3 is 2.70 bits per heavy atom. The van der Waals surface area contributed by atoms with Gasteiger partial charge in [0, 0.05) is 32.1 Å². The first-order chi connectivity index (χ1) is 11.0. The first-order valence-electron chi connectivity index (χ1n) is 7.47. The van der Waals surface area contributed by atoms with Crippen LogP contribution in [0.15, 0.2) is 24.3 Å². The highest BCUT2D eigenvalue weighted by atomic mass is 16.5. The first kappa shape index (κ1) is 16.8. The Morgan fingerprint density at radius 2 is 2.04 bits per heavy atom. The summed E-state index contributed by atoms with van der Waals surface area (Å²) in [5, 5.41) is 2.81. The Morgan fingerprint density at radius 1 is 1.30 bits per heavy atom. The van der Waals surface area contributed by atoms with Crippen molar-refractivity contribution >= 4 is 17.8 Å². The minimum atomic E-state index is -0.301. The van der Waals surface area contributed by atoms with Crippen LogP contribution >= 0.6 is 0 Å². The number of urea groups is 1. The molecule has 0 aromatic heterocycles. The van der Waals surface area contributed by atoms with Crippen molar-refractivity contribution in [1.29, 1.82) is 0 Å². The van der Waals surface area contributed by atoms with Gasteiger partial charge in [-0.15, -0.1) is 0 Å². The molecule has 124 valence electrons. The molecule has 0 aliphatic carbocycles. The van der Waals surface area contributed by atoms with Crippen LogP contribution in [0.25, 0.3) is 0 Å². The van der Waals surface area contributed by atoms with Gasteiger partial charge in [-0.2, -0.15) is 0 Å². The van der Waals surface area contributed by atoms with Crippen molar-refractivity contribution in [3.05, 3.63) is 29.8 Å². The lowest BCUT2D eigenvalue weighted by Crippen LogP contribution is -2.33. The number of ether oxygens (including phenoxy) is 1. The lowest BCUT2D eigenvalue weighted by molar-refractivity contribution is -0.126. The van der Waals surface area contributed by atoms with Crippen molar-refractivity contribution in [2.75, 3.05) is 27.2 Å². The van der Waals surface area contributed by atoms with Crippen LogP contribution in [0.2, 0.25) is 0 Å². The summed E-state index contributed by atoms with van der Waals surface area (Å²) in [7, 11) is 3.17. The number of benzene rings is 1. The molecule has 0 spiro atoms. The van der Waals surface area contributed by atoms with Crippen LogP contribution in [-0.4, -0.2) is 54.9 Å². The lowest BCUT2D eigenvalue weighted by atomic mass is 10.2. The molecular formula is C16H21N3O4. The highest BCUT2D eigenvalue weighted by Crippen LogP contribution is 2.16. The molecule has 1 aliphatic rings. The molecule has 1 N–H and O–H groups in total. The molecule has 0 unspecified atom stereocenters. The van der Waals surface area contributed by atoms with Crippen molar-refractivity contribution in [3.63, 3.8) is 0 Å². The summed E-state index contributed by atoms with van der Waals surface area (Å²) in [6.45, 7) is 0.760. The van der Waals surface area contributed by atoms with Gasteiger partial charge in [-0.05, 0) is 12.5 Å².